The van der Waals surface area contributed by atoms with Crippen molar-refractivity contribution >= 4 is 5.91 Å². The molecule has 2 aliphatic rings. The summed E-state index contributed by atoms with van der Waals surface area (Å²) >= 11 is 0. The van der Waals surface area contributed by atoms with Crippen LogP contribution in [0.15, 0.2) is 10.5 Å². The van der Waals surface area contributed by atoms with E-state index in [0.717, 1.165) is 18.6 Å². The molecule has 2 heterocycles. The number of furan rings is 1. The molecule has 4 heteroatoms. The lowest BCUT2D eigenvalue weighted by Gasteiger charge is -2.26. The highest BCUT2D eigenvalue weighted by Crippen LogP contribution is 2.47. The van der Waals surface area contributed by atoms with Crippen LogP contribution in [0.25, 0.3) is 0 Å². The van der Waals surface area contributed by atoms with Crippen molar-refractivity contribution < 1.29 is 14.3 Å². The molecule has 3 rings (SSSR count). The average Bonchev–Trinajstić information content (AvgIpc) is 3.08. The van der Waals surface area contributed by atoms with Gasteiger partial charge in [-0.05, 0) is 38.7 Å². The number of β-amino-alcohol motifs (C(OH)–C–C–N with tert-alkyl or cyclic N) is 1. The van der Waals surface area contributed by atoms with Crippen LogP contribution in [0.5, 0.6) is 0 Å². The largest absolute Gasteiger partial charge is 0.466 e. The molecule has 2 atom stereocenters. The minimum Gasteiger partial charge on any atom is -0.466 e. The van der Waals surface area contributed by atoms with Crippen molar-refractivity contribution in [1.82, 2.24) is 4.90 Å². The summed E-state index contributed by atoms with van der Waals surface area (Å²) in [4.78, 5) is 14.3. The average molecular weight is 263 g/mol. The Bertz CT molecular complexity index is 517. The molecule has 0 spiro atoms. The van der Waals surface area contributed by atoms with E-state index in [4.69, 9.17) is 4.42 Å². The van der Waals surface area contributed by atoms with Crippen LogP contribution in [0.2, 0.25) is 0 Å². The molecule has 1 aromatic rings. The Balaban J connectivity index is 1.80. The fourth-order valence-electron chi connectivity index (χ4n) is 3.30. The molecule has 1 amide bonds. The minimum absolute atomic E-state index is 0.0159. The van der Waals surface area contributed by atoms with Gasteiger partial charge >= 0.3 is 0 Å². The van der Waals surface area contributed by atoms with Gasteiger partial charge in [-0.1, -0.05) is 6.92 Å². The Kier molecular flexibility index (Phi) is 2.75. The van der Waals surface area contributed by atoms with Crippen molar-refractivity contribution in [2.45, 2.75) is 39.2 Å². The Labute approximate surface area is 113 Å². The molecule has 1 N–H and O–H groups in total. The molecule has 0 radical (unpaired) electrons. The minimum atomic E-state index is -0.678. The Morgan fingerprint density at radius 1 is 1.47 bits per heavy atom. The van der Waals surface area contributed by atoms with Crippen LogP contribution < -0.4 is 0 Å². The van der Waals surface area contributed by atoms with Crippen LogP contribution in [0.1, 0.15) is 41.6 Å². The third-order valence-electron chi connectivity index (χ3n) is 4.63. The van der Waals surface area contributed by atoms with Crippen LogP contribution >= 0.6 is 0 Å². The normalized spacial score (nSPS) is 30.9. The van der Waals surface area contributed by atoms with Gasteiger partial charge in [0.2, 0.25) is 0 Å². The molecule has 1 aromatic heterocycles. The number of hydrogen-bond acceptors (Lipinski definition) is 3. The second-order valence-corrected chi connectivity index (χ2v) is 6.18. The monoisotopic (exact) mass is 263 g/mol. The number of carbonyl (C=O) groups is 1. The second kappa shape index (κ2) is 4.10. The standard InChI is InChI=1S/C15H21NO3/c1-9-7-16(8-15(9,18)12-4-5-12)14(17)13-6-10(2)19-11(13)3/h6,9,12,18H,4-5,7-8H2,1-3H3/t9-,15+/m1/s1. The van der Waals surface area contributed by atoms with Gasteiger partial charge in [0.25, 0.3) is 5.91 Å². The third kappa shape index (κ3) is 1.98. The molecule has 104 valence electrons. The molecule has 1 aliphatic carbocycles. The fourth-order valence-corrected chi connectivity index (χ4v) is 3.30. The van der Waals surface area contributed by atoms with E-state index in [1.54, 1.807) is 11.0 Å². The molecule has 0 aromatic carbocycles. The number of aryl methyl sites for hydroxylation is 2. The van der Waals surface area contributed by atoms with Gasteiger partial charge in [0.1, 0.15) is 11.5 Å². The van der Waals surface area contributed by atoms with E-state index in [2.05, 4.69) is 0 Å². The zero-order valence-electron chi connectivity index (χ0n) is 11.8. The van der Waals surface area contributed by atoms with Crippen molar-refractivity contribution in [2.24, 2.45) is 11.8 Å². The van der Waals surface area contributed by atoms with Gasteiger partial charge in [-0.2, -0.15) is 0 Å². The molecule has 4 nitrogen and oxygen atoms in total. The van der Waals surface area contributed by atoms with E-state index in [-0.39, 0.29) is 11.8 Å². The van der Waals surface area contributed by atoms with Crippen molar-refractivity contribution in [3.63, 3.8) is 0 Å². The highest BCUT2D eigenvalue weighted by Gasteiger charge is 2.53. The summed E-state index contributed by atoms with van der Waals surface area (Å²) in [5, 5.41) is 10.7. The van der Waals surface area contributed by atoms with E-state index >= 15 is 0 Å². The quantitative estimate of drug-likeness (QED) is 0.889. The smallest absolute Gasteiger partial charge is 0.257 e. The van der Waals surface area contributed by atoms with E-state index < -0.39 is 5.60 Å². The topological polar surface area (TPSA) is 53.7 Å². The van der Waals surface area contributed by atoms with Crippen molar-refractivity contribution in [1.29, 1.82) is 0 Å². The van der Waals surface area contributed by atoms with Crippen LogP contribution in [0.3, 0.4) is 0 Å². The zero-order valence-corrected chi connectivity index (χ0v) is 11.8. The Hall–Kier alpha value is -1.29. The second-order valence-electron chi connectivity index (χ2n) is 6.18. The summed E-state index contributed by atoms with van der Waals surface area (Å²) < 4.78 is 5.42. The van der Waals surface area contributed by atoms with Crippen molar-refractivity contribution in [3.8, 4) is 0 Å². The lowest BCUT2D eigenvalue weighted by molar-refractivity contribution is -0.00365. The van der Waals surface area contributed by atoms with Gasteiger partial charge in [0, 0.05) is 12.5 Å². The highest BCUT2D eigenvalue weighted by molar-refractivity contribution is 5.95. The summed E-state index contributed by atoms with van der Waals surface area (Å²) in [6.45, 7) is 6.79. The van der Waals surface area contributed by atoms with Gasteiger partial charge in [0.15, 0.2) is 0 Å². The predicted molar refractivity (Wildman–Crippen MR) is 70.9 cm³/mol. The highest BCUT2D eigenvalue weighted by atomic mass is 16.3. The number of likely N-dealkylation sites (tertiary alicyclic amines) is 1. The first kappa shape index (κ1) is 12.7. The summed E-state index contributed by atoms with van der Waals surface area (Å²) in [6, 6.07) is 1.79. The molecule has 19 heavy (non-hydrogen) atoms. The first-order valence-electron chi connectivity index (χ1n) is 7.00. The number of rotatable bonds is 2. The lowest BCUT2D eigenvalue weighted by atomic mass is 9.88. The van der Waals surface area contributed by atoms with E-state index in [0.29, 0.717) is 30.3 Å². The van der Waals surface area contributed by atoms with Gasteiger partial charge in [-0.3, -0.25) is 4.79 Å². The van der Waals surface area contributed by atoms with Gasteiger partial charge in [-0.15, -0.1) is 0 Å². The first-order valence-corrected chi connectivity index (χ1v) is 7.00. The predicted octanol–water partition coefficient (Wildman–Crippen LogP) is 2.13. The molecule has 0 unspecified atom stereocenters. The lowest BCUT2D eigenvalue weighted by Crippen LogP contribution is -2.40. The number of nitrogens with zero attached hydrogens (tertiary/aromatic N) is 1. The maximum atomic E-state index is 12.5. The maximum absolute atomic E-state index is 12.5. The number of aliphatic hydroxyl groups is 1. The fraction of sp³-hybridized carbons (Fsp3) is 0.667. The van der Waals surface area contributed by atoms with Crippen LogP contribution in [-0.4, -0.2) is 34.6 Å². The van der Waals surface area contributed by atoms with Gasteiger partial charge < -0.3 is 14.4 Å². The third-order valence-corrected chi connectivity index (χ3v) is 4.63. The summed E-state index contributed by atoms with van der Waals surface area (Å²) in [7, 11) is 0. The van der Waals surface area contributed by atoms with E-state index in [1.165, 1.54) is 0 Å². The molecule has 1 saturated heterocycles. The van der Waals surface area contributed by atoms with Crippen molar-refractivity contribution in [2.75, 3.05) is 13.1 Å². The van der Waals surface area contributed by atoms with Crippen LogP contribution in [0.4, 0.5) is 0 Å². The SMILES string of the molecule is Cc1cc(C(=O)N2C[C@@H](C)[C@](O)(C3CC3)C2)c(C)o1. The Morgan fingerprint density at radius 3 is 2.68 bits per heavy atom. The summed E-state index contributed by atoms with van der Waals surface area (Å²) in [5.41, 5.74) is -0.0488. The van der Waals surface area contributed by atoms with Gasteiger partial charge in [0.05, 0.1) is 17.7 Å². The first-order chi connectivity index (χ1) is 8.91. The molecule has 0 bridgehead atoms. The van der Waals surface area contributed by atoms with Crippen LogP contribution in [0, 0.1) is 25.7 Å². The molecule has 1 aliphatic heterocycles. The van der Waals surface area contributed by atoms with Crippen molar-refractivity contribution in [3.05, 3.63) is 23.2 Å². The maximum Gasteiger partial charge on any atom is 0.257 e. The number of hydrogen-bond donors (Lipinski definition) is 1. The molecule has 1 saturated carbocycles. The molecular weight excluding hydrogens is 242 g/mol. The van der Waals surface area contributed by atoms with Crippen LogP contribution in [-0.2, 0) is 0 Å². The molecule has 2 fully saturated rings. The number of amides is 1. The Morgan fingerprint density at radius 2 is 2.16 bits per heavy atom. The zero-order chi connectivity index (χ0) is 13.8. The number of carbonyl (C=O) groups excluding carboxylic acids is 1. The summed E-state index contributed by atoms with van der Waals surface area (Å²) in [6.07, 6.45) is 2.18. The van der Waals surface area contributed by atoms with Gasteiger partial charge in [-0.25, -0.2) is 0 Å². The van der Waals surface area contributed by atoms with E-state index in [9.17, 15) is 9.90 Å². The summed E-state index contributed by atoms with van der Waals surface area (Å²) in [5.74, 6) is 1.94. The molecular formula is C15H21NO3. The van der Waals surface area contributed by atoms with E-state index in [1.807, 2.05) is 20.8 Å².